The van der Waals surface area contributed by atoms with E-state index in [9.17, 15) is 0 Å². The smallest absolute Gasteiger partial charge is 0.143 e. The van der Waals surface area contributed by atoms with E-state index >= 15 is 0 Å². The molecule has 0 saturated carbocycles. The van der Waals surface area contributed by atoms with E-state index in [2.05, 4.69) is 183 Å². The van der Waals surface area contributed by atoms with Crippen molar-refractivity contribution in [3.63, 3.8) is 0 Å². The van der Waals surface area contributed by atoms with E-state index in [1.54, 1.807) is 0 Å². The standard InChI is InChI=1S/C49H33NOS/c1-49(2)39-16-9-8-15-36(39)38-29-34(24-26-40(38)49)50(33-22-19-31(20-23-33)30-11-4-3-5-12-30)41-17-10-18-43-46(41)47-44(52-43)28-27-42-45(47)37-25-21-32-13-6-7-14-35(32)48(37)51-42/h3-29H,1-2H3. The summed E-state index contributed by atoms with van der Waals surface area (Å²) in [4.78, 5) is 2.47. The second-order valence-corrected chi connectivity index (χ2v) is 15.6. The van der Waals surface area contributed by atoms with Gasteiger partial charge in [-0.25, -0.2) is 0 Å². The lowest BCUT2D eigenvalue weighted by Gasteiger charge is -2.28. The third kappa shape index (κ3) is 4.17. The van der Waals surface area contributed by atoms with Crippen LogP contribution >= 0.6 is 11.3 Å². The summed E-state index contributed by atoms with van der Waals surface area (Å²) in [7, 11) is 0. The average molecular weight is 684 g/mol. The number of hydrogen-bond acceptors (Lipinski definition) is 3. The van der Waals surface area contributed by atoms with Crippen molar-refractivity contribution in [2.45, 2.75) is 19.3 Å². The van der Waals surface area contributed by atoms with Crippen LogP contribution in [-0.2, 0) is 5.41 Å². The molecule has 2 aromatic heterocycles. The first-order valence-electron chi connectivity index (χ1n) is 17.9. The van der Waals surface area contributed by atoms with Crippen LogP contribution in [0.25, 0.3) is 75.1 Å². The molecule has 2 nitrogen and oxygen atoms in total. The summed E-state index contributed by atoms with van der Waals surface area (Å²) in [6.45, 7) is 4.69. The minimum Gasteiger partial charge on any atom is -0.455 e. The molecule has 0 unspecified atom stereocenters. The first-order chi connectivity index (χ1) is 25.5. The zero-order chi connectivity index (χ0) is 34.6. The molecule has 0 N–H and O–H groups in total. The summed E-state index contributed by atoms with van der Waals surface area (Å²) in [5, 5.41) is 7.17. The van der Waals surface area contributed by atoms with Gasteiger partial charge in [0, 0.05) is 53.1 Å². The van der Waals surface area contributed by atoms with Crippen molar-refractivity contribution in [1.82, 2.24) is 0 Å². The van der Waals surface area contributed by atoms with Gasteiger partial charge in [0.1, 0.15) is 11.2 Å². The summed E-state index contributed by atoms with van der Waals surface area (Å²) in [6, 6.07) is 59.8. The molecule has 0 radical (unpaired) electrons. The third-order valence-corrected chi connectivity index (χ3v) is 12.4. The Hall–Kier alpha value is -6.16. The summed E-state index contributed by atoms with van der Waals surface area (Å²) in [5.74, 6) is 0. The maximum Gasteiger partial charge on any atom is 0.143 e. The van der Waals surface area contributed by atoms with Gasteiger partial charge in [-0.3, -0.25) is 0 Å². The second-order valence-electron chi connectivity index (χ2n) is 14.5. The highest BCUT2D eigenvalue weighted by atomic mass is 32.1. The van der Waals surface area contributed by atoms with Gasteiger partial charge in [-0.2, -0.15) is 0 Å². The predicted molar refractivity (Wildman–Crippen MR) is 222 cm³/mol. The minimum absolute atomic E-state index is 0.0612. The average Bonchev–Trinajstić information content (AvgIpc) is 3.84. The van der Waals surface area contributed by atoms with E-state index < -0.39 is 0 Å². The Bertz CT molecular complexity index is 3040. The van der Waals surface area contributed by atoms with Gasteiger partial charge in [-0.1, -0.05) is 123 Å². The van der Waals surface area contributed by atoms with E-state index in [1.807, 2.05) is 11.3 Å². The van der Waals surface area contributed by atoms with E-state index in [1.165, 1.54) is 64.3 Å². The Labute approximate surface area is 305 Å². The van der Waals surface area contributed by atoms with Gasteiger partial charge in [0.05, 0.1) is 5.69 Å². The number of furan rings is 1. The predicted octanol–water partition coefficient (Wildman–Crippen LogP) is 14.6. The molecule has 2 heterocycles. The molecule has 52 heavy (non-hydrogen) atoms. The van der Waals surface area contributed by atoms with Crippen molar-refractivity contribution >= 4 is 81.3 Å². The summed E-state index contributed by atoms with van der Waals surface area (Å²) in [6.07, 6.45) is 0. The second kappa shape index (κ2) is 10.9. The molecule has 0 amide bonds. The molecule has 10 aromatic rings. The number of benzene rings is 8. The zero-order valence-electron chi connectivity index (χ0n) is 28.9. The summed E-state index contributed by atoms with van der Waals surface area (Å²) in [5.41, 5.74) is 13.0. The number of fused-ring (bicyclic) bond motifs is 12. The molecule has 0 bridgehead atoms. The highest BCUT2D eigenvalue weighted by Gasteiger charge is 2.35. The number of hydrogen-bond donors (Lipinski definition) is 0. The minimum atomic E-state index is -0.0612. The normalized spacial score (nSPS) is 13.3. The van der Waals surface area contributed by atoms with Crippen molar-refractivity contribution in [3.8, 4) is 22.3 Å². The Morgan fingerprint density at radius 2 is 1.23 bits per heavy atom. The molecule has 0 spiro atoms. The van der Waals surface area contributed by atoms with Crippen LogP contribution in [0.5, 0.6) is 0 Å². The van der Waals surface area contributed by atoms with Crippen molar-refractivity contribution in [3.05, 3.63) is 175 Å². The fraction of sp³-hybridized carbons (Fsp3) is 0.0612. The van der Waals surface area contributed by atoms with Crippen LogP contribution in [0.1, 0.15) is 25.0 Å². The molecule has 0 saturated heterocycles. The molecule has 8 aromatic carbocycles. The maximum atomic E-state index is 6.71. The van der Waals surface area contributed by atoms with Crippen LogP contribution in [0.15, 0.2) is 168 Å². The summed E-state index contributed by atoms with van der Waals surface area (Å²) >= 11 is 1.86. The molecule has 3 heteroatoms. The molecule has 1 aliphatic carbocycles. The van der Waals surface area contributed by atoms with Gasteiger partial charge < -0.3 is 9.32 Å². The van der Waals surface area contributed by atoms with Gasteiger partial charge in [-0.05, 0) is 93.4 Å². The lowest BCUT2D eigenvalue weighted by Crippen LogP contribution is -2.15. The van der Waals surface area contributed by atoms with E-state index in [0.29, 0.717) is 0 Å². The fourth-order valence-corrected chi connectivity index (χ4v) is 9.91. The van der Waals surface area contributed by atoms with Crippen LogP contribution in [0.2, 0.25) is 0 Å². The monoisotopic (exact) mass is 683 g/mol. The van der Waals surface area contributed by atoms with Crippen molar-refractivity contribution in [1.29, 1.82) is 0 Å². The largest absolute Gasteiger partial charge is 0.455 e. The Balaban J connectivity index is 1.20. The van der Waals surface area contributed by atoms with Gasteiger partial charge in [0.2, 0.25) is 0 Å². The highest BCUT2D eigenvalue weighted by Crippen LogP contribution is 2.53. The van der Waals surface area contributed by atoms with Crippen molar-refractivity contribution < 1.29 is 4.42 Å². The van der Waals surface area contributed by atoms with Crippen molar-refractivity contribution in [2.24, 2.45) is 0 Å². The number of anilines is 3. The van der Waals surface area contributed by atoms with E-state index in [0.717, 1.165) is 39.0 Å². The van der Waals surface area contributed by atoms with Crippen LogP contribution in [-0.4, -0.2) is 0 Å². The van der Waals surface area contributed by atoms with E-state index in [4.69, 9.17) is 4.42 Å². The third-order valence-electron chi connectivity index (χ3n) is 11.3. The fourth-order valence-electron chi connectivity index (χ4n) is 8.78. The quantitative estimate of drug-likeness (QED) is 0.184. The lowest BCUT2D eigenvalue weighted by molar-refractivity contribution is 0.660. The molecular weight excluding hydrogens is 651 g/mol. The van der Waals surface area contributed by atoms with Crippen molar-refractivity contribution in [2.75, 3.05) is 4.90 Å². The highest BCUT2D eigenvalue weighted by molar-refractivity contribution is 7.26. The maximum absolute atomic E-state index is 6.71. The molecule has 0 atom stereocenters. The first kappa shape index (κ1) is 29.6. The van der Waals surface area contributed by atoms with Crippen LogP contribution in [0.4, 0.5) is 17.1 Å². The van der Waals surface area contributed by atoms with Gasteiger partial charge in [-0.15, -0.1) is 11.3 Å². The molecular formula is C49H33NOS. The number of thiophene rings is 1. The first-order valence-corrected chi connectivity index (χ1v) is 18.7. The SMILES string of the molecule is CC1(C)c2ccccc2-c2cc(N(c3ccc(-c4ccccc4)cc3)c3cccc4sc5ccc6oc7c8ccccc8ccc7c6c5c34)ccc21. The summed E-state index contributed by atoms with van der Waals surface area (Å²) < 4.78 is 9.23. The lowest BCUT2D eigenvalue weighted by atomic mass is 9.82. The Kier molecular flexibility index (Phi) is 6.21. The van der Waals surface area contributed by atoms with Gasteiger partial charge in [0.25, 0.3) is 0 Å². The molecule has 246 valence electrons. The van der Waals surface area contributed by atoms with E-state index in [-0.39, 0.29) is 5.41 Å². The molecule has 0 fully saturated rings. The zero-order valence-corrected chi connectivity index (χ0v) is 29.7. The van der Waals surface area contributed by atoms with Crippen LogP contribution in [0.3, 0.4) is 0 Å². The van der Waals surface area contributed by atoms with Crippen LogP contribution in [0, 0.1) is 0 Å². The van der Waals surface area contributed by atoms with Crippen LogP contribution < -0.4 is 4.90 Å². The Morgan fingerprint density at radius 1 is 0.500 bits per heavy atom. The van der Waals surface area contributed by atoms with Gasteiger partial charge >= 0.3 is 0 Å². The molecule has 0 aliphatic heterocycles. The van der Waals surface area contributed by atoms with Gasteiger partial charge in [0.15, 0.2) is 0 Å². The molecule has 1 aliphatic rings. The Morgan fingerprint density at radius 3 is 2.12 bits per heavy atom. The number of nitrogens with zero attached hydrogens (tertiary/aromatic N) is 1. The number of rotatable bonds is 4. The topological polar surface area (TPSA) is 16.4 Å². The molecule has 11 rings (SSSR count).